The van der Waals surface area contributed by atoms with Crippen molar-refractivity contribution in [3.05, 3.63) is 139 Å². The molecule has 0 radical (unpaired) electrons. The third-order valence-corrected chi connectivity index (χ3v) is 7.18. The number of nitro groups is 2. The van der Waals surface area contributed by atoms with Gasteiger partial charge in [-0.05, 0) is 67.0 Å². The summed E-state index contributed by atoms with van der Waals surface area (Å²) in [4.78, 5) is 23.6. The topological polar surface area (TPSA) is 157 Å². The van der Waals surface area contributed by atoms with Crippen molar-refractivity contribution in [2.45, 2.75) is 19.8 Å². The minimum Gasteiger partial charge on any atom is -0.497 e. The fraction of sp³-hybridized carbons (Fsp3) is 0.152. The molecule has 12 heteroatoms. The fourth-order valence-electron chi connectivity index (χ4n) is 5.03. The summed E-state index contributed by atoms with van der Waals surface area (Å²) < 4.78 is 22.0. The van der Waals surface area contributed by atoms with Gasteiger partial charge in [0.25, 0.3) is 0 Å². The van der Waals surface area contributed by atoms with Crippen LogP contribution < -0.4 is 9.47 Å². The van der Waals surface area contributed by atoms with Gasteiger partial charge >= 0.3 is 11.4 Å². The first-order chi connectivity index (χ1) is 21.7. The summed E-state index contributed by atoms with van der Waals surface area (Å²) in [5.41, 5.74) is 2.05. The summed E-state index contributed by atoms with van der Waals surface area (Å²) in [6, 6.07) is 23.2. The Labute approximate surface area is 257 Å². The molecule has 12 nitrogen and oxygen atoms in total. The quantitative estimate of drug-likeness (QED) is 0.108. The highest BCUT2D eigenvalue weighted by Crippen LogP contribution is 2.49. The summed E-state index contributed by atoms with van der Waals surface area (Å²) in [5, 5.41) is 32.6. The van der Waals surface area contributed by atoms with Crippen LogP contribution in [0.5, 0.6) is 11.5 Å². The monoisotopic (exact) mass is 608 g/mol. The predicted octanol–water partition coefficient (Wildman–Crippen LogP) is 7.68. The van der Waals surface area contributed by atoms with E-state index in [0.717, 1.165) is 0 Å². The molecule has 0 bridgehead atoms. The van der Waals surface area contributed by atoms with Crippen LogP contribution in [0, 0.1) is 34.1 Å². The van der Waals surface area contributed by atoms with E-state index in [4.69, 9.17) is 18.5 Å². The van der Waals surface area contributed by atoms with Gasteiger partial charge in [0.1, 0.15) is 11.5 Å². The highest BCUT2D eigenvalue weighted by Gasteiger charge is 2.38. The molecule has 3 aromatic carbocycles. The lowest BCUT2D eigenvalue weighted by Gasteiger charge is -2.22. The van der Waals surface area contributed by atoms with Gasteiger partial charge in [0.15, 0.2) is 11.4 Å². The van der Waals surface area contributed by atoms with E-state index in [0.29, 0.717) is 39.3 Å². The van der Waals surface area contributed by atoms with Crippen molar-refractivity contribution in [3.8, 4) is 11.5 Å². The fourth-order valence-corrected chi connectivity index (χ4v) is 5.03. The van der Waals surface area contributed by atoms with E-state index >= 15 is 0 Å². The number of benzene rings is 3. The van der Waals surface area contributed by atoms with Gasteiger partial charge in [-0.25, -0.2) is 0 Å². The largest absolute Gasteiger partial charge is 0.497 e. The van der Waals surface area contributed by atoms with E-state index in [1.165, 1.54) is 13.8 Å². The zero-order valence-electron chi connectivity index (χ0n) is 24.8. The Morgan fingerprint density at radius 1 is 0.689 bits per heavy atom. The summed E-state index contributed by atoms with van der Waals surface area (Å²) in [7, 11) is 3.09. The number of methoxy groups -OCH3 is 2. The summed E-state index contributed by atoms with van der Waals surface area (Å²) in [6.45, 7) is 2.96. The number of aryl methyl sites for hydroxylation is 2. The molecule has 0 saturated carbocycles. The molecule has 0 atom stereocenters. The van der Waals surface area contributed by atoms with Gasteiger partial charge in [-0.2, -0.15) is 0 Å². The maximum absolute atomic E-state index is 12.4. The molecule has 5 rings (SSSR count). The van der Waals surface area contributed by atoms with Crippen molar-refractivity contribution < 1.29 is 28.4 Å². The molecule has 0 fully saturated rings. The van der Waals surface area contributed by atoms with E-state index < -0.39 is 15.8 Å². The molecule has 0 aliphatic carbocycles. The number of hydrogen-bond donors (Lipinski definition) is 0. The van der Waals surface area contributed by atoms with Crippen LogP contribution in [0.3, 0.4) is 0 Å². The maximum Gasteiger partial charge on any atom is 0.339 e. The van der Waals surface area contributed by atoms with Crippen molar-refractivity contribution >= 4 is 34.7 Å². The third kappa shape index (κ3) is 6.34. The molecule has 0 spiro atoms. The molecule has 0 saturated heterocycles. The van der Waals surface area contributed by atoms with Gasteiger partial charge in [0, 0.05) is 17.1 Å². The standard InChI is InChI=1S/C33H28N4O8/c1-20-30(36(38)39)32(44-34-20)27(18-22-10-14-25(42-3)15-11-22)29(24-8-6-5-7-9-24)28(19-23-12-16-26(43-4)17-13-23)33-31(37(40)41)21(2)35-45-33/h5-19,29H,1-4H3/b27-18-,28-19-. The first-order valence-corrected chi connectivity index (χ1v) is 13.7. The lowest BCUT2D eigenvalue weighted by molar-refractivity contribution is -0.386. The maximum atomic E-state index is 12.4. The highest BCUT2D eigenvalue weighted by atomic mass is 16.6. The normalized spacial score (nSPS) is 12.5. The number of ether oxygens (including phenoxy) is 2. The number of rotatable bonds is 11. The van der Waals surface area contributed by atoms with Gasteiger partial charge < -0.3 is 18.5 Å². The van der Waals surface area contributed by atoms with E-state index in [-0.39, 0.29) is 34.3 Å². The smallest absolute Gasteiger partial charge is 0.339 e. The van der Waals surface area contributed by atoms with E-state index in [1.54, 1.807) is 87.0 Å². The zero-order valence-corrected chi connectivity index (χ0v) is 24.8. The first kappa shape index (κ1) is 30.4. The number of aromatic nitrogens is 2. The Hall–Kier alpha value is -6.04. The second kappa shape index (κ2) is 13.1. The van der Waals surface area contributed by atoms with Crippen molar-refractivity contribution in [1.82, 2.24) is 10.3 Å². The molecule has 0 N–H and O–H groups in total. The van der Waals surface area contributed by atoms with Gasteiger partial charge in [0.2, 0.25) is 11.5 Å². The summed E-state index contributed by atoms with van der Waals surface area (Å²) in [5.74, 6) is 0.0983. The molecule has 0 aliphatic heterocycles. The summed E-state index contributed by atoms with van der Waals surface area (Å²) >= 11 is 0. The molecule has 45 heavy (non-hydrogen) atoms. The number of allylic oxidation sites excluding steroid dienone is 2. The Kier molecular flexibility index (Phi) is 8.84. The minimum atomic E-state index is -0.910. The van der Waals surface area contributed by atoms with Crippen LogP contribution in [0.15, 0.2) is 87.9 Å². The van der Waals surface area contributed by atoms with Crippen molar-refractivity contribution in [1.29, 1.82) is 0 Å². The number of nitrogens with zero attached hydrogens (tertiary/aromatic N) is 4. The van der Waals surface area contributed by atoms with Crippen molar-refractivity contribution in [2.75, 3.05) is 14.2 Å². The zero-order chi connectivity index (χ0) is 32.1. The molecular formula is C33H28N4O8. The van der Waals surface area contributed by atoms with Crippen LogP contribution in [0.1, 0.15) is 45.5 Å². The SMILES string of the molecule is COc1ccc(/C=C(\c2onc(C)c2[N+](=O)[O-])C(/C(=C/c2ccc(OC)cc2)c2onc(C)c2[N+](=O)[O-])c2ccccc2)cc1. The van der Waals surface area contributed by atoms with Crippen LogP contribution >= 0.6 is 0 Å². The Morgan fingerprint density at radius 2 is 1.09 bits per heavy atom. The van der Waals surface area contributed by atoms with Crippen LogP contribution in [0.2, 0.25) is 0 Å². The Morgan fingerprint density at radius 3 is 1.44 bits per heavy atom. The van der Waals surface area contributed by atoms with Crippen LogP contribution in [-0.2, 0) is 0 Å². The predicted molar refractivity (Wildman–Crippen MR) is 167 cm³/mol. The molecule has 0 unspecified atom stereocenters. The summed E-state index contributed by atoms with van der Waals surface area (Å²) in [6.07, 6.45) is 3.45. The molecule has 0 amide bonds. The van der Waals surface area contributed by atoms with Crippen LogP contribution in [0.4, 0.5) is 11.4 Å². The van der Waals surface area contributed by atoms with Crippen LogP contribution in [0.25, 0.3) is 23.3 Å². The van der Waals surface area contributed by atoms with E-state index in [1.807, 2.05) is 18.2 Å². The average molecular weight is 609 g/mol. The average Bonchev–Trinajstić information content (AvgIpc) is 3.63. The van der Waals surface area contributed by atoms with E-state index in [2.05, 4.69) is 10.3 Å². The molecule has 2 aromatic heterocycles. The van der Waals surface area contributed by atoms with Gasteiger partial charge in [-0.1, -0.05) is 64.9 Å². The lowest BCUT2D eigenvalue weighted by atomic mass is 9.80. The second-order valence-corrected chi connectivity index (χ2v) is 10.00. The molecule has 5 aromatic rings. The van der Waals surface area contributed by atoms with Crippen LogP contribution in [-0.4, -0.2) is 34.4 Å². The Balaban J connectivity index is 1.89. The molecule has 228 valence electrons. The lowest BCUT2D eigenvalue weighted by Crippen LogP contribution is -2.08. The van der Waals surface area contributed by atoms with Gasteiger partial charge in [-0.3, -0.25) is 20.2 Å². The van der Waals surface area contributed by atoms with Gasteiger partial charge in [0.05, 0.1) is 24.1 Å². The highest BCUT2D eigenvalue weighted by molar-refractivity contribution is 6.00. The van der Waals surface area contributed by atoms with Crippen molar-refractivity contribution in [3.63, 3.8) is 0 Å². The van der Waals surface area contributed by atoms with Gasteiger partial charge in [-0.15, -0.1) is 0 Å². The third-order valence-electron chi connectivity index (χ3n) is 7.18. The first-order valence-electron chi connectivity index (χ1n) is 13.7. The Bertz CT molecular complexity index is 1770. The minimum absolute atomic E-state index is 0.0737. The second-order valence-electron chi connectivity index (χ2n) is 10.00. The molecular weight excluding hydrogens is 580 g/mol. The molecule has 2 heterocycles. The number of hydrogen-bond acceptors (Lipinski definition) is 10. The molecule has 0 aliphatic rings. The van der Waals surface area contributed by atoms with E-state index in [9.17, 15) is 20.2 Å². The van der Waals surface area contributed by atoms with Crippen molar-refractivity contribution in [2.24, 2.45) is 0 Å².